The molecule has 2 N–H and O–H groups in total. The van der Waals surface area contributed by atoms with Gasteiger partial charge in [0.1, 0.15) is 16.5 Å². The Morgan fingerprint density at radius 2 is 1.83 bits per heavy atom. The van der Waals surface area contributed by atoms with Gasteiger partial charge in [0.2, 0.25) is 0 Å². The van der Waals surface area contributed by atoms with Gasteiger partial charge >= 0.3 is 5.97 Å². The lowest BCUT2D eigenvalue weighted by Gasteiger charge is -2.07. The average molecular weight is 345 g/mol. The van der Waals surface area contributed by atoms with E-state index in [4.69, 9.17) is 0 Å². The van der Waals surface area contributed by atoms with Gasteiger partial charge in [0.15, 0.2) is 0 Å². The molecule has 3 nitrogen and oxygen atoms in total. The fourth-order valence-electron chi connectivity index (χ4n) is 2.28. The Morgan fingerprint density at radius 1 is 1.08 bits per heavy atom. The van der Waals surface area contributed by atoms with Crippen molar-refractivity contribution in [2.75, 3.05) is 5.32 Å². The highest BCUT2D eigenvalue weighted by Gasteiger charge is 2.16. The molecule has 0 bridgehead atoms. The van der Waals surface area contributed by atoms with Gasteiger partial charge in [0, 0.05) is 23.1 Å². The number of carbonyl (C=O) groups is 1. The molecular formula is C18H13F2NO2S. The van der Waals surface area contributed by atoms with E-state index in [1.54, 1.807) is 6.07 Å². The number of benzene rings is 2. The third-order valence-electron chi connectivity index (χ3n) is 3.47. The van der Waals surface area contributed by atoms with Gasteiger partial charge in [-0.1, -0.05) is 36.4 Å². The molecule has 3 aromatic rings. The zero-order valence-corrected chi connectivity index (χ0v) is 13.2. The molecule has 0 aliphatic carbocycles. The van der Waals surface area contributed by atoms with Crippen LogP contribution in [-0.2, 0) is 6.54 Å². The molecule has 0 aliphatic rings. The van der Waals surface area contributed by atoms with Crippen molar-refractivity contribution >= 4 is 23.0 Å². The van der Waals surface area contributed by atoms with Crippen molar-refractivity contribution in [1.82, 2.24) is 0 Å². The molecule has 0 atom stereocenters. The van der Waals surface area contributed by atoms with Crippen LogP contribution in [0.4, 0.5) is 14.5 Å². The first kappa shape index (κ1) is 16.1. The number of nitrogens with one attached hydrogen (secondary N) is 1. The van der Waals surface area contributed by atoms with Crippen LogP contribution in [0.25, 0.3) is 10.4 Å². The summed E-state index contributed by atoms with van der Waals surface area (Å²) in [6.45, 7) is 0.0668. The Balaban J connectivity index is 1.87. The van der Waals surface area contributed by atoms with E-state index in [1.807, 2.05) is 30.3 Å². The largest absolute Gasteiger partial charge is 0.477 e. The van der Waals surface area contributed by atoms with Crippen molar-refractivity contribution in [1.29, 1.82) is 0 Å². The predicted octanol–water partition coefficient (Wildman–Crippen LogP) is 5.00. The van der Waals surface area contributed by atoms with Crippen molar-refractivity contribution < 1.29 is 18.7 Å². The van der Waals surface area contributed by atoms with E-state index >= 15 is 0 Å². The smallest absolute Gasteiger partial charge is 0.348 e. The van der Waals surface area contributed by atoms with E-state index in [-0.39, 0.29) is 17.0 Å². The number of halogens is 2. The van der Waals surface area contributed by atoms with Crippen molar-refractivity contribution in [3.8, 4) is 10.4 Å². The number of carboxylic acids is 1. The van der Waals surface area contributed by atoms with Gasteiger partial charge in [-0.3, -0.25) is 0 Å². The summed E-state index contributed by atoms with van der Waals surface area (Å²) < 4.78 is 26.6. The van der Waals surface area contributed by atoms with E-state index < -0.39 is 17.6 Å². The van der Waals surface area contributed by atoms with E-state index in [0.717, 1.165) is 27.8 Å². The summed E-state index contributed by atoms with van der Waals surface area (Å²) in [6, 6.07) is 14.4. The highest BCUT2D eigenvalue weighted by atomic mass is 32.1. The zero-order valence-electron chi connectivity index (χ0n) is 12.4. The maximum Gasteiger partial charge on any atom is 0.348 e. The second-order valence-electron chi connectivity index (χ2n) is 5.11. The molecule has 0 saturated carbocycles. The van der Waals surface area contributed by atoms with Crippen LogP contribution in [0.2, 0.25) is 0 Å². The number of hydrogen-bond donors (Lipinski definition) is 2. The molecule has 1 heterocycles. The van der Waals surface area contributed by atoms with Gasteiger partial charge < -0.3 is 10.4 Å². The van der Waals surface area contributed by atoms with Gasteiger partial charge in [-0.25, -0.2) is 13.6 Å². The van der Waals surface area contributed by atoms with E-state index in [0.29, 0.717) is 5.69 Å². The number of anilines is 1. The van der Waals surface area contributed by atoms with E-state index in [1.165, 1.54) is 12.1 Å². The Kier molecular flexibility index (Phi) is 4.57. The second kappa shape index (κ2) is 6.80. The third kappa shape index (κ3) is 3.44. The quantitative estimate of drug-likeness (QED) is 0.684. The lowest BCUT2D eigenvalue weighted by molar-refractivity contribution is 0.0703. The summed E-state index contributed by atoms with van der Waals surface area (Å²) in [5, 5.41) is 12.3. The van der Waals surface area contributed by atoms with Crippen molar-refractivity contribution in [3.05, 3.63) is 76.7 Å². The number of rotatable bonds is 5. The van der Waals surface area contributed by atoms with Gasteiger partial charge in [-0.2, -0.15) is 0 Å². The van der Waals surface area contributed by atoms with Gasteiger partial charge in [0.05, 0.1) is 5.69 Å². The van der Waals surface area contributed by atoms with Gasteiger partial charge in [-0.05, 0) is 17.7 Å². The molecule has 122 valence electrons. The van der Waals surface area contributed by atoms with Crippen molar-refractivity contribution in [2.45, 2.75) is 6.54 Å². The molecular weight excluding hydrogens is 332 g/mol. The maximum atomic E-state index is 13.7. The molecule has 0 saturated heterocycles. The normalized spacial score (nSPS) is 10.6. The number of hydrogen-bond acceptors (Lipinski definition) is 3. The molecule has 0 spiro atoms. The van der Waals surface area contributed by atoms with Crippen LogP contribution >= 0.6 is 11.3 Å². The molecule has 0 radical (unpaired) electrons. The summed E-state index contributed by atoms with van der Waals surface area (Å²) in [6.07, 6.45) is 0. The SMILES string of the molecule is O=C(O)c1sc(-c2ccccc2)cc1NCc1ccc(F)cc1F. The first-order valence-electron chi connectivity index (χ1n) is 7.15. The van der Waals surface area contributed by atoms with Crippen molar-refractivity contribution in [2.24, 2.45) is 0 Å². The van der Waals surface area contributed by atoms with Crippen LogP contribution < -0.4 is 5.32 Å². The number of thiophene rings is 1. The van der Waals surface area contributed by atoms with E-state index in [9.17, 15) is 18.7 Å². The van der Waals surface area contributed by atoms with Gasteiger partial charge in [-0.15, -0.1) is 11.3 Å². The summed E-state index contributed by atoms with van der Waals surface area (Å²) in [5.74, 6) is -2.37. The lowest BCUT2D eigenvalue weighted by Crippen LogP contribution is -2.05. The molecule has 0 fully saturated rings. The number of aromatic carboxylic acids is 1. The van der Waals surface area contributed by atoms with Gasteiger partial charge in [0.25, 0.3) is 0 Å². The van der Waals surface area contributed by atoms with Crippen LogP contribution in [-0.4, -0.2) is 11.1 Å². The number of carboxylic acid groups (broad SMARTS) is 1. The lowest BCUT2D eigenvalue weighted by atomic mass is 10.1. The Bertz CT molecular complexity index is 878. The van der Waals surface area contributed by atoms with Crippen LogP contribution in [0, 0.1) is 11.6 Å². The summed E-state index contributed by atoms with van der Waals surface area (Å²) in [7, 11) is 0. The average Bonchev–Trinajstić information content (AvgIpc) is 2.99. The highest BCUT2D eigenvalue weighted by molar-refractivity contribution is 7.18. The molecule has 1 aromatic heterocycles. The molecule has 0 amide bonds. The minimum Gasteiger partial charge on any atom is -0.477 e. The molecule has 0 unspecified atom stereocenters. The first-order chi connectivity index (χ1) is 11.5. The summed E-state index contributed by atoms with van der Waals surface area (Å²) in [5.41, 5.74) is 1.58. The standard InChI is InChI=1S/C18H13F2NO2S/c19-13-7-6-12(14(20)8-13)10-21-15-9-16(24-17(15)18(22)23)11-4-2-1-3-5-11/h1-9,21H,10H2,(H,22,23). The monoisotopic (exact) mass is 345 g/mol. The molecule has 0 aliphatic heterocycles. The van der Waals surface area contributed by atoms with Crippen LogP contribution in [0.1, 0.15) is 15.2 Å². The van der Waals surface area contributed by atoms with Crippen LogP contribution in [0.15, 0.2) is 54.6 Å². The van der Waals surface area contributed by atoms with E-state index in [2.05, 4.69) is 5.32 Å². The topological polar surface area (TPSA) is 49.3 Å². The molecule has 24 heavy (non-hydrogen) atoms. The van der Waals surface area contributed by atoms with Crippen LogP contribution in [0.3, 0.4) is 0 Å². The Morgan fingerprint density at radius 3 is 2.50 bits per heavy atom. The Labute approximate surface area is 141 Å². The Hall–Kier alpha value is -2.73. The fourth-order valence-corrected chi connectivity index (χ4v) is 3.26. The fraction of sp³-hybridized carbons (Fsp3) is 0.0556. The molecule has 2 aromatic carbocycles. The van der Waals surface area contributed by atoms with Crippen molar-refractivity contribution in [3.63, 3.8) is 0 Å². The minimum atomic E-state index is -1.05. The minimum absolute atomic E-state index is 0.0668. The zero-order chi connectivity index (χ0) is 17.1. The molecule has 3 rings (SSSR count). The summed E-state index contributed by atoms with van der Waals surface area (Å²) >= 11 is 1.15. The second-order valence-corrected chi connectivity index (χ2v) is 6.17. The predicted molar refractivity (Wildman–Crippen MR) is 90.4 cm³/mol. The highest BCUT2D eigenvalue weighted by Crippen LogP contribution is 2.35. The maximum absolute atomic E-state index is 13.7. The molecule has 6 heteroatoms. The first-order valence-corrected chi connectivity index (χ1v) is 7.96. The third-order valence-corrected chi connectivity index (χ3v) is 4.64. The van der Waals surface area contributed by atoms with Crippen LogP contribution in [0.5, 0.6) is 0 Å². The summed E-state index contributed by atoms with van der Waals surface area (Å²) in [4.78, 5) is 12.4.